The van der Waals surface area contributed by atoms with Crippen LogP contribution in [0.2, 0.25) is 0 Å². The van der Waals surface area contributed by atoms with Gasteiger partial charge < -0.3 is 19.1 Å². The number of methoxy groups -OCH3 is 1. The predicted octanol–water partition coefficient (Wildman–Crippen LogP) is 6.40. The molecule has 2 heterocycles. The summed E-state index contributed by atoms with van der Waals surface area (Å²) < 4.78 is 31.2. The topological polar surface area (TPSA) is 30.9 Å². The standard InChI is InChI=1S/C30H34FNO3/c1-33-26-14-15-27-29(20-26)35-21-28(22-6-10-24(31)11-7-22)30(27)23-8-12-25(13-9-23)34-19-5-18-32-16-3-2-4-17-32/h6-15,20,28,30H,2-5,16-19,21H2,1H3. The minimum atomic E-state index is -0.228. The summed E-state index contributed by atoms with van der Waals surface area (Å²) in [4.78, 5) is 2.54. The van der Waals surface area contributed by atoms with Gasteiger partial charge in [-0.3, -0.25) is 0 Å². The summed E-state index contributed by atoms with van der Waals surface area (Å²) in [5, 5.41) is 0. The first-order valence-corrected chi connectivity index (χ1v) is 12.7. The van der Waals surface area contributed by atoms with Crippen molar-refractivity contribution in [1.82, 2.24) is 4.90 Å². The van der Waals surface area contributed by atoms with Crippen LogP contribution in [0, 0.1) is 5.82 Å². The molecule has 184 valence electrons. The fraction of sp³-hybridized carbons (Fsp3) is 0.400. The number of likely N-dealkylation sites (tertiary alicyclic amines) is 1. The molecule has 2 aliphatic heterocycles. The van der Waals surface area contributed by atoms with Crippen molar-refractivity contribution in [3.8, 4) is 17.2 Å². The van der Waals surface area contributed by atoms with Crippen LogP contribution in [0.15, 0.2) is 66.7 Å². The van der Waals surface area contributed by atoms with Crippen LogP contribution in [0.5, 0.6) is 17.2 Å². The highest BCUT2D eigenvalue weighted by Crippen LogP contribution is 2.47. The van der Waals surface area contributed by atoms with Crippen LogP contribution in [0.3, 0.4) is 0 Å². The Kier molecular flexibility index (Phi) is 7.53. The first kappa shape index (κ1) is 23.7. The third-order valence-electron chi connectivity index (χ3n) is 7.25. The molecule has 0 saturated carbocycles. The van der Waals surface area contributed by atoms with Gasteiger partial charge in [-0.15, -0.1) is 0 Å². The Hall–Kier alpha value is -3.05. The second kappa shape index (κ2) is 11.1. The van der Waals surface area contributed by atoms with Crippen LogP contribution in [0.4, 0.5) is 4.39 Å². The molecule has 35 heavy (non-hydrogen) atoms. The molecule has 0 aromatic heterocycles. The Bertz CT molecular complexity index is 1090. The molecule has 1 fully saturated rings. The van der Waals surface area contributed by atoms with E-state index in [1.54, 1.807) is 7.11 Å². The molecule has 2 aliphatic rings. The first-order chi connectivity index (χ1) is 17.2. The van der Waals surface area contributed by atoms with Crippen LogP contribution in [0.25, 0.3) is 0 Å². The smallest absolute Gasteiger partial charge is 0.126 e. The highest BCUT2D eigenvalue weighted by atomic mass is 19.1. The molecular formula is C30H34FNO3. The first-order valence-electron chi connectivity index (χ1n) is 12.7. The van der Waals surface area contributed by atoms with Crippen molar-refractivity contribution in [2.75, 3.05) is 40.0 Å². The second-order valence-corrected chi connectivity index (χ2v) is 9.52. The largest absolute Gasteiger partial charge is 0.497 e. The van der Waals surface area contributed by atoms with E-state index in [0.29, 0.717) is 6.61 Å². The molecule has 0 N–H and O–H groups in total. The molecule has 5 heteroatoms. The van der Waals surface area contributed by atoms with E-state index in [9.17, 15) is 4.39 Å². The van der Waals surface area contributed by atoms with Gasteiger partial charge in [-0.1, -0.05) is 36.8 Å². The van der Waals surface area contributed by atoms with E-state index in [0.717, 1.165) is 47.9 Å². The van der Waals surface area contributed by atoms with Crippen molar-refractivity contribution in [3.05, 3.63) is 89.2 Å². The van der Waals surface area contributed by atoms with Crippen LogP contribution < -0.4 is 14.2 Å². The van der Waals surface area contributed by atoms with Gasteiger partial charge in [0.05, 0.1) is 20.3 Å². The van der Waals surface area contributed by atoms with Gasteiger partial charge in [-0.2, -0.15) is 0 Å². The molecule has 4 nitrogen and oxygen atoms in total. The maximum Gasteiger partial charge on any atom is 0.126 e. The number of hydrogen-bond acceptors (Lipinski definition) is 4. The van der Waals surface area contributed by atoms with E-state index in [2.05, 4.69) is 35.2 Å². The van der Waals surface area contributed by atoms with Crippen molar-refractivity contribution in [3.63, 3.8) is 0 Å². The number of ether oxygens (including phenoxy) is 3. The molecule has 0 aliphatic carbocycles. The van der Waals surface area contributed by atoms with Crippen molar-refractivity contribution in [2.24, 2.45) is 0 Å². The summed E-state index contributed by atoms with van der Waals surface area (Å²) in [6, 6.07) is 21.2. The van der Waals surface area contributed by atoms with E-state index in [4.69, 9.17) is 14.2 Å². The molecule has 0 spiro atoms. The van der Waals surface area contributed by atoms with Gasteiger partial charge in [0.1, 0.15) is 23.1 Å². The van der Waals surface area contributed by atoms with E-state index < -0.39 is 0 Å². The van der Waals surface area contributed by atoms with Crippen LogP contribution in [-0.4, -0.2) is 44.9 Å². The summed E-state index contributed by atoms with van der Waals surface area (Å²) in [7, 11) is 1.66. The SMILES string of the molecule is COc1ccc2c(c1)OCC(c1ccc(F)cc1)C2c1ccc(OCCCN2CCCCC2)cc1. The fourth-order valence-corrected chi connectivity index (χ4v) is 5.36. The molecule has 0 amide bonds. The van der Waals surface area contributed by atoms with Crippen LogP contribution >= 0.6 is 0 Å². The average Bonchev–Trinajstić information content (AvgIpc) is 2.91. The summed E-state index contributed by atoms with van der Waals surface area (Å²) in [6.45, 7) is 4.81. The van der Waals surface area contributed by atoms with Gasteiger partial charge in [-0.25, -0.2) is 4.39 Å². The van der Waals surface area contributed by atoms with Gasteiger partial charge in [0.15, 0.2) is 0 Å². The number of benzene rings is 3. The van der Waals surface area contributed by atoms with Crippen molar-refractivity contribution < 1.29 is 18.6 Å². The third kappa shape index (κ3) is 5.62. The molecule has 0 bridgehead atoms. The van der Waals surface area contributed by atoms with E-state index >= 15 is 0 Å². The molecule has 3 aromatic rings. The monoisotopic (exact) mass is 475 g/mol. The van der Waals surface area contributed by atoms with Crippen LogP contribution in [0.1, 0.15) is 54.2 Å². The number of fused-ring (bicyclic) bond motifs is 1. The number of hydrogen-bond donors (Lipinski definition) is 0. The zero-order valence-electron chi connectivity index (χ0n) is 20.4. The lowest BCUT2D eigenvalue weighted by atomic mass is 9.76. The minimum absolute atomic E-state index is 0.0767. The Morgan fingerprint density at radius 3 is 2.34 bits per heavy atom. The van der Waals surface area contributed by atoms with Crippen molar-refractivity contribution >= 4 is 0 Å². The molecule has 5 rings (SSSR count). The molecule has 0 radical (unpaired) electrons. The Balaban J connectivity index is 1.32. The predicted molar refractivity (Wildman–Crippen MR) is 136 cm³/mol. The van der Waals surface area contributed by atoms with Gasteiger partial charge >= 0.3 is 0 Å². The maximum atomic E-state index is 13.6. The van der Waals surface area contributed by atoms with Gasteiger partial charge in [0.2, 0.25) is 0 Å². The Morgan fingerprint density at radius 2 is 1.60 bits per heavy atom. The molecule has 2 unspecified atom stereocenters. The molecule has 3 aromatic carbocycles. The zero-order valence-corrected chi connectivity index (χ0v) is 20.4. The number of rotatable bonds is 8. The highest BCUT2D eigenvalue weighted by Gasteiger charge is 2.33. The number of halogens is 1. The summed E-state index contributed by atoms with van der Waals surface area (Å²) in [5.74, 6) is 2.44. The normalized spacial score (nSPS) is 20.1. The van der Waals surface area contributed by atoms with Crippen molar-refractivity contribution in [2.45, 2.75) is 37.5 Å². The quantitative estimate of drug-likeness (QED) is 0.353. The minimum Gasteiger partial charge on any atom is -0.497 e. The van der Waals surface area contributed by atoms with Gasteiger partial charge in [0, 0.05) is 30.0 Å². The van der Waals surface area contributed by atoms with Crippen molar-refractivity contribution in [1.29, 1.82) is 0 Å². The lowest BCUT2D eigenvalue weighted by Gasteiger charge is -2.34. The second-order valence-electron chi connectivity index (χ2n) is 9.52. The lowest BCUT2D eigenvalue weighted by Crippen LogP contribution is -2.31. The highest BCUT2D eigenvalue weighted by molar-refractivity contribution is 5.51. The molecular weight excluding hydrogens is 441 g/mol. The zero-order chi connectivity index (χ0) is 24.0. The molecule has 1 saturated heterocycles. The fourth-order valence-electron chi connectivity index (χ4n) is 5.36. The summed E-state index contributed by atoms with van der Waals surface area (Å²) >= 11 is 0. The Morgan fingerprint density at radius 1 is 0.886 bits per heavy atom. The summed E-state index contributed by atoms with van der Waals surface area (Å²) in [6.07, 6.45) is 5.06. The molecule has 2 atom stereocenters. The number of nitrogens with zero attached hydrogens (tertiary/aromatic N) is 1. The van der Waals surface area contributed by atoms with Gasteiger partial charge in [-0.05, 0) is 73.8 Å². The van der Waals surface area contributed by atoms with E-state index in [1.807, 2.05) is 24.3 Å². The van der Waals surface area contributed by atoms with E-state index in [-0.39, 0.29) is 17.7 Å². The van der Waals surface area contributed by atoms with Crippen LogP contribution in [-0.2, 0) is 0 Å². The number of piperidine rings is 1. The third-order valence-corrected chi connectivity index (χ3v) is 7.25. The average molecular weight is 476 g/mol. The Labute approximate surface area is 207 Å². The lowest BCUT2D eigenvalue weighted by molar-refractivity contribution is 0.205. The van der Waals surface area contributed by atoms with Gasteiger partial charge in [0.25, 0.3) is 0 Å². The summed E-state index contributed by atoms with van der Waals surface area (Å²) in [5.41, 5.74) is 3.37. The maximum absolute atomic E-state index is 13.6. The van der Waals surface area contributed by atoms with E-state index in [1.165, 1.54) is 50.0 Å².